The number of piperidine rings is 1. The maximum atomic E-state index is 5.68. The standard InChI is InChI=1S/C20H21BrN2O/c21-17-11-15-8-10-24-20(15)16(12-17)13-23-18-7-4-9-22-19(18)14-5-2-1-3-6-14/h1-3,5-6,8,10-12,18-19,22-23H,4,7,9,13H2/t18-,19-/m1/s1. The molecule has 2 atom stereocenters. The Hall–Kier alpha value is -1.62. The number of halogens is 1. The number of fused-ring (bicyclic) bond motifs is 1. The Morgan fingerprint density at radius 2 is 2.04 bits per heavy atom. The highest BCUT2D eigenvalue weighted by Crippen LogP contribution is 2.27. The van der Waals surface area contributed by atoms with E-state index in [4.69, 9.17) is 4.42 Å². The first-order valence-electron chi connectivity index (χ1n) is 8.48. The predicted molar refractivity (Wildman–Crippen MR) is 101 cm³/mol. The molecular weight excluding hydrogens is 364 g/mol. The van der Waals surface area contributed by atoms with Crippen molar-refractivity contribution in [2.75, 3.05) is 6.54 Å². The summed E-state index contributed by atoms with van der Waals surface area (Å²) in [6, 6.07) is 17.8. The maximum absolute atomic E-state index is 5.68. The van der Waals surface area contributed by atoms with Crippen LogP contribution in [0.25, 0.3) is 11.0 Å². The van der Waals surface area contributed by atoms with Gasteiger partial charge in [0, 0.05) is 34.1 Å². The molecule has 3 aromatic rings. The summed E-state index contributed by atoms with van der Waals surface area (Å²) < 4.78 is 6.77. The summed E-state index contributed by atoms with van der Waals surface area (Å²) in [7, 11) is 0. The van der Waals surface area contributed by atoms with E-state index in [1.54, 1.807) is 6.26 Å². The van der Waals surface area contributed by atoms with E-state index < -0.39 is 0 Å². The van der Waals surface area contributed by atoms with Crippen molar-refractivity contribution in [2.24, 2.45) is 0 Å². The van der Waals surface area contributed by atoms with Crippen molar-refractivity contribution in [2.45, 2.75) is 31.5 Å². The summed E-state index contributed by atoms with van der Waals surface area (Å²) in [6.45, 7) is 1.89. The second kappa shape index (κ2) is 7.09. The zero-order chi connectivity index (χ0) is 16.4. The van der Waals surface area contributed by atoms with Crippen molar-refractivity contribution < 1.29 is 4.42 Å². The van der Waals surface area contributed by atoms with Gasteiger partial charge < -0.3 is 15.1 Å². The topological polar surface area (TPSA) is 37.2 Å². The van der Waals surface area contributed by atoms with Crippen LogP contribution in [-0.4, -0.2) is 12.6 Å². The lowest BCUT2D eigenvalue weighted by Crippen LogP contribution is -2.45. The van der Waals surface area contributed by atoms with E-state index >= 15 is 0 Å². The average molecular weight is 385 g/mol. The van der Waals surface area contributed by atoms with Gasteiger partial charge in [-0.25, -0.2) is 0 Å². The Kier molecular flexibility index (Phi) is 4.69. The predicted octanol–water partition coefficient (Wildman–Crippen LogP) is 4.78. The molecule has 1 fully saturated rings. The van der Waals surface area contributed by atoms with E-state index in [9.17, 15) is 0 Å². The molecule has 0 aliphatic carbocycles. The summed E-state index contributed by atoms with van der Waals surface area (Å²) in [4.78, 5) is 0. The van der Waals surface area contributed by atoms with Crippen molar-refractivity contribution >= 4 is 26.9 Å². The molecule has 1 aliphatic heterocycles. The second-order valence-electron chi connectivity index (χ2n) is 6.38. The van der Waals surface area contributed by atoms with E-state index in [-0.39, 0.29) is 0 Å². The fraction of sp³-hybridized carbons (Fsp3) is 0.300. The number of nitrogens with one attached hydrogen (secondary N) is 2. The smallest absolute Gasteiger partial charge is 0.138 e. The van der Waals surface area contributed by atoms with Gasteiger partial charge in [-0.15, -0.1) is 0 Å². The molecule has 4 heteroatoms. The molecule has 2 N–H and O–H groups in total. The summed E-state index contributed by atoms with van der Waals surface area (Å²) in [6.07, 6.45) is 4.15. The van der Waals surface area contributed by atoms with Crippen LogP contribution in [0, 0.1) is 0 Å². The number of rotatable bonds is 4. The minimum atomic E-state index is 0.360. The lowest BCUT2D eigenvalue weighted by molar-refractivity contribution is 0.304. The van der Waals surface area contributed by atoms with Crippen molar-refractivity contribution in [3.05, 3.63) is 70.4 Å². The van der Waals surface area contributed by atoms with Gasteiger partial charge in [0.05, 0.1) is 6.26 Å². The van der Waals surface area contributed by atoms with Gasteiger partial charge in [0.25, 0.3) is 0 Å². The number of hydrogen-bond acceptors (Lipinski definition) is 3. The molecular formula is C20H21BrN2O. The molecule has 0 amide bonds. The fourth-order valence-electron chi connectivity index (χ4n) is 3.61. The normalized spacial score (nSPS) is 21.2. The molecule has 2 heterocycles. The lowest BCUT2D eigenvalue weighted by atomic mass is 9.92. The quantitative estimate of drug-likeness (QED) is 0.679. The Labute approximate surface area is 150 Å². The summed E-state index contributed by atoms with van der Waals surface area (Å²) in [5.41, 5.74) is 3.53. The SMILES string of the molecule is Brc1cc(CN[C@@H]2CCCN[C@@H]2c2ccccc2)c2occc2c1. The third-order valence-corrected chi connectivity index (χ3v) is 5.22. The number of benzene rings is 2. The number of hydrogen-bond donors (Lipinski definition) is 2. The highest BCUT2D eigenvalue weighted by Gasteiger charge is 2.25. The van der Waals surface area contributed by atoms with Crippen molar-refractivity contribution in [3.8, 4) is 0 Å². The molecule has 124 valence electrons. The highest BCUT2D eigenvalue weighted by molar-refractivity contribution is 9.10. The molecule has 4 rings (SSSR count). The molecule has 0 spiro atoms. The van der Waals surface area contributed by atoms with Gasteiger partial charge in [-0.05, 0) is 43.1 Å². The maximum Gasteiger partial charge on any atom is 0.138 e. The van der Waals surface area contributed by atoms with Crippen molar-refractivity contribution in [1.82, 2.24) is 10.6 Å². The molecule has 1 aromatic heterocycles. The van der Waals surface area contributed by atoms with Crippen LogP contribution < -0.4 is 10.6 Å². The van der Waals surface area contributed by atoms with Crippen LogP contribution in [0.2, 0.25) is 0 Å². The number of furan rings is 1. The zero-order valence-electron chi connectivity index (χ0n) is 13.5. The van der Waals surface area contributed by atoms with Crippen LogP contribution in [0.5, 0.6) is 0 Å². The van der Waals surface area contributed by atoms with E-state index in [1.807, 2.05) is 6.07 Å². The van der Waals surface area contributed by atoms with Crippen LogP contribution in [0.3, 0.4) is 0 Å². The minimum absolute atomic E-state index is 0.360. The summed E-state index contributed by atoms with van der Waals surface area (Å²) in [5.74, 6) is 0. The molecule has 0 unspecified atom stereocenters. The Bertz CT molecular complexity index is 815. The third kappa shape index (κ3) is 3.27. The van der Waals surface area contributed by atoms with E-state index in [0.717, 1.165) is 28.5 Å². The summed E-state index contributed by atoms with van der Waals surface area (Å²) in [5, 5.41) is 8.56. The van der Waals surface area contributed by atoms with E-state index in [1.165, 1.54) is 24.0 Å². The second-order valence-corrected chi connectivity index (χ2v) is 7.29. The van der Waals surface area contributed by atoms with Gasteiger partial charge in [-0.3, -0.25) is 0 Å². The van der Waals surface area contributed by atoms with Gasteiger partial charge in [0.15, 0.2) is 0 Å². The van der Waals surface area contributed by atoms with Crippen LogP contribution in [0.4, 0.5) is 0 Å². The first kappa shape index (κ1) is 15.9. The molecule has 3 nitrogen and oxygen atoms in total. The fourth-order valence-corrected chi connectivity index (χ4v) is 4.13. The van der Waals surface area contributed by atoms with Crippen molar-refractivity contribution in [1.29, 1.82) is 0 Å². The Balaban J connectivity index is 1.54. The lowest BCUT2D eigenvalue weighted by Gasteiger charge is -2.34. The molecule has 1 saturated heterocycles. The van der Waals surface area contributed by atoms with Crippen LogP contribution in [0.1, 0.15) is 30.0 Å². The first-order valence-corrected chi connectivity index (χ1v) is 9.28. The minimum Gasteiger partial charge on any atom is -0.464 e. The van der Waals surface area contributed by atoms with Gasteiger partial charge in [0.2, 0.25) is 0 Å². The van der Waals surface area contributed by atoms with Gasteiger partial charge in [-0.2, -0.15) is 0 Å². The zero-order valence-corrected chi connectivity index (χ0v) is 15.1. The monoisotopic (exact) mass is 384 g/mol. The third-order valence-electron chi connectivity index (χ3n) is 4.76. The Morgan fingerprint density at radius 3 is 2.92 bits per heavy atom. The molecule has 0 radical (unpaired) electrons. The molecule has 0 bridgehead atoms. The molecule has 24 heavy (non-hydrogen) atoms. The van der Waals surface area contributed by atoms with E-state index in [2.05, 4.69) is 69.0 Å². The molecule has 1 aliphatic rings. The van der Waals surface area contributed by atoms with Crippen LogP contribution in [-0.2, 0) is 6.54 Å². The first-order chi connectivity index (χ1) is 11.8. The largest absolute Gasteiger partial charge is 0.464 e. The summed E-state index contributed by atoms with van der Waals surface area (Å²) >= 11 is 3.60. The average Bonchev–Trinajstić information content (AvgIpc) is 3.09. The molecule has 0 saturated carbocycles. The van der Waals surface area contributed by atoms with Crippen LogP contribution in [0.15, 0.2) is 63.7 Å². The van der Waals surface area contributed by atoms with Gasteiger partial charge >= 0.3 is 0 Å². The van der Waals surface area contributed by atoms with Gasteiger partial charge in [-0.1, -0.05) is 46.3 Å². The molecule has 2 aromatic carbocycles. The van der Waals surface area contributed by atoms with Crippen molar-refractivity contribution in [3.63, 3.8) is 0 Å². The van der Waals surface area contributed by atoms with Gasteiger partial charge in [0.1, 0.15) is 5.58 Å². The van der Waals surface area contributed by atoms with E-state index in [0.29, 0.717) is 12.1 Å². The van der Waals surface area contributed by atoms with Crippen LogP contribution >= 0.6 is 15.9 Å². The Morgan fingerprint density at radius 1 is 1.17 bits per heavy atom. The highest BCUT2D eigenvalue weighted by atomic mass is 79.9.